The topological polar surface area (TPSA) is 29.5 Å². The van der Waals surface area contributed by atoms with Gasteiger partial charge >= 0.3 is 6.09 Å². The van der Waals surface area contributed by atoms with Crippen molar-refractivity contribution in [3.8, 4) is 0 Å². The molecular formula is C13H16BrNO2. The van der Waals surface area contributed by atoms with Crippen LogP contribution in [0.15, 0.2) is 24.3 Å². The number of ether oxygens (including phenoxy) is 1. The van der Waals surface area contributed by atoms with Crippen molar-refractivity contribution in [3.05, 3.63) is 29.8 Å². The molecule has 1 atom stereocenters. The number of fused-ring (bicyclic) bond motifs is 1. The average Bonchev–Trinajstić information content (AvgIpc) is 2.55. The van der Waals surface area contributed by atoms with Crippen molar-refractivity contribution in [3.63, 3.8) is 0 Å². The van der Waals surface area contributed by atoms with E-state index >= 15 is 0 Å². The Hall–Kier alpha value is -1.03. The van der Waals surface area contributed by atoms with Gasteiger partial charge in [-0.05, 0) is 32.4 Å². The molecule has 17 heavy (non-hydrogen) atoms. The summed E-state index contributed by atoms with van der Waals surface area (Å²) in [6.07, 6.45) is -0.285. The van der Waals surface area contributed by atoms with Crippen LogP contribution in [-0.2, 0) is 4.74 Å². The summed E-state index contributed by atoms with van der Waals surface area (Å²) in [5.41, 5.74) is 1.61. The lowest BCUT2D eigenvalue weighted by molar-refractivity contribution is 0.0584. The van der Waals surface area contributed by atoms with Gasteiger partial charge in [0.2, 0.25) is 0 Å². The van der Waals surface area contributed by atoms with Gasteiger partial charge in [0.1, 0.15) is 5.60 Å². The number of nitrogens with zero attached hydrogens (tertiary/aromatic N) is 1. The molecule has 1 aromatic rings. The van der Waals surface area contributed by atoms with Gasteiger partial charge in [-0.1, -0.05) is 34.1 Å². The van der Waals surface area contributed by atoms with Crippen molar-refractivity contribution in [2.75, 3.05) is 11.4 Å². The minimum atomic E-state index is -0.462. The summed E-state index contributed by atoms with van der Waals surface area (Å²) in [6.45, 7) is 6.24. The van der Waals surface area contributed by atoms with Gasteiger partial charge < -0.3 is 4.74 Å². The van der Waals surface area contributed by atoms with E-state index in [4.69, 9.17) is 4.74 Å². The summed E-state index contributed by atoms with van der Waals surface area (Å²) in [7, 11) is 0. The van der Waals surface area contributed by atoms with Gasteiger partial charge in [-0.2, -0.15) is 0 Å². The van der Waals surface area contributed by atoms with Crippen LogP contribution in [-0.4, -0.2) is 18.2 Å². The summed E-state index contributed by atoms with van der Waals surface area (Å²) < 4.78 is 5.39. The quantitative estimate of drug-likeness (QED) is 0.680. The number of alkyl halides is 1. The van der Waals surface area contributed by atoms with Crippen molar-refractivity contribution in [2.45, 2.75) is 31.2 Å². The summed E-state index contributed by atoms with van der Waals surface area (Å²) in [5, 5.41) is 0. The molecule has 3 nitrogen and oxygen atoms in total. The number of hydrogen-bond donors (Lipinski definition) is 0. The van der Waals surface area contributed by atoms with E-state index in [1.807, 2.05) is 45.0 Å². The highest BCUT2D eigenvalue weighted by Crippen LogP contribution is 2.40. The molecule has 0 fully saturated rings. The molecule has 0 bridgehead atoms. The minimum absolute atomic E-state index is 0.186. The fraction of sp³-hybridized carbons (Fsp3) is 0.462. The Bertz CT molecular complexity index is 439. The van der Waals surface area contributed by atoms with Gasteiger partial charge in [0.15, 0.2) is 0 Å². The SMILES string of the molecule is CC(C)(C)OC(=O)N1CC(Br)c2ccccc21. The van der Waals surface area contributed by atoms with Crippen LogP contribution in [0.5, 0.6) is 0 Å². The van der Waals surface area contributed by atoms with E-state index in [1.54, 1.807) is 4.90 Å². The highest BCUT2D eigenvalue weighted by molar-refractivity contribution is 9.09. The van der Waals surface area contributed by atoms with Crippen molar-refractivity contribution < 1.29 is 9.53 Å². The zero-order chi connectivity index (χ0) is 12.6. The maximum Gasteiger partial charge on any atom is 0.414 e. The Kier molecular flexibility index (Phi) is 3.17. The molecule has 0 N–H and O–H groups in total. The maximum absolute atomic E-state index is 12.1. The molecule has 1 aliphatic rings. The number of carbonyl (C=O) groups excluding carboxylic acids is 1. The predicted octanol–water partition coefficient (Wildman–Crippen LogP) is 3.88. The number of benzene rings is 1. The summed E-state index contributed by atoms with van der Waals surface area (Å²) >= 11 is 3.58. The van der Waals surface area contributed by atoms with E-state index in [-0.39, 0.29) is 10.9 Å². The van der Waals surface area contributed by atoms with Gasteiger partial charge in [-0.15, -0.1) is 0 Å². The third-order valence-electron chi connectivity index (χ3n) is 2.52. The van der Waals surface area contributed by atoms with Gasteiger partial charge in [0.05, 0.1) is 10.5 Å². The highest BCUT2D eigenvalue weighted by Gasteiger charge is 2.33. The van der Waals surface area contributed by atoms with Crippen LogP contribution < -0.4 is 4.90 Å². The van der Waals surface area contributed by atoms with Gasteiger partial charge in [-0.3, -0.25) is 4.90 Å². The lowest BCUT2D eigenvalue weighted by Gasteiger charge is -2.24. The predicted molar refractivity (Wildman–Crippen MR) is 71.7 cm³/mol. The smallest absolute Gasteiger partial charge is 0.414 e. The Morgan fingerprint density at radius 2 is 2.06 bits per heavy atom. The molecule has 0 saturated heterocycles. The molecular weight excluding hydrogens is 282 g/mol. The third-order valence-corrected chi connectivity index (χ3v) is 3.30. The van der Waals surface area contributed by atoms with Crippen LogP contribution in [0.4, 0.5) is 10.5 Å². The summed E-state index contributed by atoms with van der Waals surface area (Å²) in [4.78, 5) is 13.9. The molecule has 0 aliphatic carbocycles. The molecule has 2 rings (SSSR count). The first-order valence-corrected chi connectivity index (χ1v) is 6.53. The van der Waals surface area contributed by atoms with Crippen molar-refractivity contribution in [1.29, 1.82) is 0 Å². The number of amides is 1. The molecule has 1 heterocycles. The number of para-hydroxylation sites is 1. The average molecular weight is 298 g/mol. The van der Waals surface area contributed by atoms with Crippen LogP contribution in [0, 0.1) is 0 Å². The Balaban J connectivity index is 2.23. The molecule has 0 aromatic heterocycles. The fourth-order valence-corrected chi connectivity index (χ4v) is 2.52. The summed E-state index contributed by atoms with van der Waals surface area (Å²) in [6, 6.07) is 7.88. The van der Waals surface area contributed by atoms with Crippen LogP contribution in [0.2, 0.25) is 0 Å². The van der Waals surface area contributed by atoms with Crippen LogP contribution >= 0.6 is 15.9 Å². The lowest BCUT2D eigenvalue weighted by Crippen LogP contribution is -2.35. The molecule has 1 aromatic carbocycles. The first-order chi connectivity index (χ1) is 7.88. The normalized spacial score (nSPS) is 19.1. The standard InChI is InChI=1S/C13H16BrNO2/c1-13(2,3)17-12(16)15-8-10(14)9-6-4-5-7-11(9)15/h4-7,10H,8H2,1-3H3. The fourth-order valence-electron chi connectivity index (χ4n) is 1.85. The van der Waals surface area contributed by atoms with Crippen molar-refractivity contribution in [1.82, 2.24) is 0 Å². The van der Waals surface area contributed by atoms with E-state index in [1.165, 1.54) is 0 Å². The van der Waals surface area contributed by atoms with Crippen molar-refractivity contribution >= 4 is 27.7 Å². The summed E-state index contributed by atoms with van der Waals surface area (Å²) in [5.74, 6) is 0. The third kappa shape index (κ3) is 2.63. The van der Waals surface area contributed by atoms with Crippen molar-refractivity contribution in [2.24, 2.45) is 0 Å². The molecule has 0 saturated carbocycles. The zero-order valence-electron chi connectivity index (χ0n) is 10.2. The molecule has 1 amide bonds. The molecule has 1 unspecified atom stereocenters. The number of rotatable bonds is 0. The van der Waals surface area contributed by atoms with Crippen LogP contribution in [0.25, 0.3) is 0 Å². The van der Waals surface area contributed by atoms with Gasteiger partial charge in [-0.25, -0.2) is 4.79 Å². The second-order valence-electron chi connectivity index (χ2n) is 5.12. The van der Waals surface area contributed by atoms with E-state index in [0.29, 0.717) is 6.54 Å². The highest BCUT2D eigenvalue weighted by atomic mass is 79.9. The van der Waals surface area contributed by atoms with Gasteiger partial charge in [0.25, 0.3) is 0 Å². The first-order valence-electron chi connectivity index (χ1n) is 5.62. The molecule has 92 valence electrons. The molecule has 1 aliphatic heterocycles. The Labute approximate surface area is 110 Å². The molecule has 4 heteroatoms. The van der Waals surface area contributed by atoms with Crippen LogP contribution in [0.3, 0.4) is 0 Å². The zero-order valence-corrected chi connectivity index (χ0v) is 11.8. The van der Waals surface area contributed by atoms with Gasteiger partial charge in [0, 0.05) is 6.54 Å². The number of anilines is 1. The monoisotopic (exact) mass is 297 g/mol. The van der Waals surface area contributed by atoms with E-state index in [0.717, 1.165) is 11.3 Å². The number of halogens is 1. The molecule has 0 spiro atoms. The lowest BCUT2D eigenvalue weighted by atomic mass is 10.2. The minimum Gasteiger partial charge on any atom is -0.443 e. The second-order valence-corrected chi connectivity index (χ2v) is 6.22. The van der Waals surface area contributed by atoms with E-state index < -0.39 is 5.60 Å². The maximum atomic E-state index is 12.1. The Morgan fingerprint density at radius 1 is 1.41 bits per heavy atom. The van der Waals surface area contributed by atoms with E-state index in [9.17, 15) is 4.79 Å². The second kappa shape index (κ2) is 4.33. The largest absolute Gasteiger partial charge is 0.443 e. The van der Waals surface area contributed by atoms with Crippen LogP contribution in [0.1, 0.15) is 31.2 Å². The molecule has 0 radical (unpaired) electrons. The Morgan fingerprint density at radius 3 is 2.71 bits per heavy atom. The number of carbonyl (C=O) groups is 1. The van der Waals surface area contributed by atoms with E-state index in [2.05, 4.69) is 15.9 Å². The number of hydrogen-bond acceptors (Lipinski definition) is 2. The first kappa shape index (κ1) is 12.4.